The Balaban J connectivity index is 2.13. The summed E-state index contributed by atoms with van der Waals surface area (Å²) in [6.07, 6.45) is 3.99. The molecule has 2 aromatic rings. The zero-order chi connectivity index (χ0) is 17.4. The fraction of sp³-hybridized carbons (Fsp3) is 0.263. The van der Waals surface area contributed by atoms with E-state index < -0.39 is 5.91 Å². The maximum absolute atomic E-state index is 12.2. The van der Waals surface area contributed by atoms with E-state index in [1.54, 1.807) is 0 Å². The van der Waals surface area contributed by atoms with Gasteiger partial charge in [-0.3, -0.25) is 4.79 Å². The molecule has 0 unspecified atom stereocenters. The summed E-state index contributed by atoms with van der Waals surface area (Å²) in [4.78, 5) is 12.2. The maximum Gasteiger partial charge on any atom is 0.271 e. The van der Waals surface area contributed by atoms with E-state index in [0.29, 0.717) is 0 Å². The lowest BCUT2D eigenvalue weighted by Crippen LogP contribution is -2.20. The van der Waals surface area contributed by atoms with E-state index in [-0.39, 0.29) is 17.1 Å². The van der Waals surface area contributed by atoms with Gasteiger partial charge in [-0.2, -0.15) is 5.10 Å². The predicted octanol–water partition coefficient (Wildman–Crippen LogP) is 3.81. The predicted molar refractivity (Wildman–Crippen MR) is 94.4 cm³/mol. The molecule has 0 bridgehead atoms. The summed E-state index contributed by atoms with van der Waals surface area (Å²) < 4.78 is 0. The van der Waals surface area contributed by atoms with Crippen LogP contribution in [0.1, 0.15) is 48.5 Å². The highest BCUT2D eigenvalue weighted by atomic mass is 16.3. The van der Waals surface area contributed by atoms with E-state index in [1.165, 1.54) is 18.2 Å². The Morgan fingerprint density at radius 2 is 1.75 bits per heavy atom. The summed E-state index contributed by atoms with van der Waals surface area (Å²) in [7, 11) is 0. The molecule has 0 saturated heterocycles. The number of hydrazone groups is 1. The molecule has 0 aliphatic rings. The van der Waals surface area contributed by atoms with Crippen LogP contribution in [0.3, 0.4) is 0 Å². The van der Waals surface area contributed by atoms with Crippen molar-refractivity contribution in [2.45, 2.75) is 32.6 Å². The first-order chi connectivity index (χ1) is 11.6. The molecular formula is C19H22N2O3. The Kier molecular flexibility index (Phi) is 6.37. The molecule has 0 aliphatic carbocycles. The fourth-order valence-electron chi connectivity index (χ4n) is 2.29. The number of rotatable bonds is 7. The number of hydrogen-bond acceptors (Lipinski definition) is 4. The minimum Gasteiger partial charge on any atom is -0.504 e. The number of nitrogens with zero attached hydrogens (tertiary/aromatic N) is 1. The SMILES string of the molecule is CCCCC/C(=N\NC(=O)c1ccc(O)c(O)c1)c1ccccc1. The first kappa shape index (κ1) is 17.5. The van der Waals surface area contributed by atoms with Crippen molar-refractivity contribution >= 4 is 11.6 Å². The van der Waals surface area contributed by atoms with Crippen molar-refractivity contribution in [3.63, 3.8) is 0 Å². The molecule has 0 saturated carbocycles. The molecule has 0 radical (unpaired) electrons. The Morgan fingerprint density at radius 3 is 2.42 bits per heavy atom. The number of nitrogens with one attached hydrogen (secondary N) is 1. The third-order valence-electron chi connectivity index (χ3n) is 3.65. The number of hydrogen-bond donors (Lipinski definition) is 3. The number of phenolic OH excluding ortho intramolecular Hbond substituents is 2. The van der Waals surface area contributed by atoms with Gasteiger partial charge in [-0.25, -0.2) is 5.43 Å². The van der Waals surface area contributed by atoms with E-state index in [1.807, 2.05) is 30.3 Å². The van der Waals surface area contributed by atoms with Gasteiger partial charge < -0.3 is 10.2 Å². The molecule has 0 spiro atoms. The Bertz CT molecular complexity index is 712. The van der Waals surface area contributed by atoms with Crippen molar-refractivity contribution < 1.29 is 15.0 Å². The van der Waals surface area contributed by atoms with Gasteiger partial charge in [0.25, 0.3) is 5.91 Å². The maximum atomic E-state index is 12.2. The molecule has 0 atom stereocenters. The fourth-order valence-corrected chi connectivity index (χ4v) is 2.29. The number of phenols is 2. The highest BCUT2D eigenvalue weighted by Gasteiger charge is 2.09. The summed E-state index contributed by atoms with van der Waals surface area (Å²) >= 11 is 0. The standard InChI is InChI=1S/C19H22N2O3/c1-2-3-5-10-16(14-8-6-4-7-9-14)20-21-19(24)15-11-12-17(22)18(23)13-15/h4,6-9,11-13,22-23H,2-3,5,10H2,1H3,(H,21,24)/b20-16+. The van der Waals surface area contributed by atoms with Gasteiger partial charge in [-0.15, -0.1) is 0 Å². The lowest BCUT2D eigenvalue weighted by atomic mass is 10.0. The van der Waals surface area contributed by atoms with Crippen molar-refractivity contribution in [1.82, 2.24) is 5.43 Å². The second kappa shape index (κ2) is 8.72. The highest BCUT2D eigenvalue weighted by molar-refractivity contribution is 6.02. The summed E-state index contributed by atoms with van der Waals surface area (Å²) in [5.74, 6) is -1.04. The van der Waals surface area contributed by atoms with Crippen LogP contribution in [0.5, 0.6) is 11.5 Å². The van der Waals surface area contributed by atoms with Crippen molar-refractivity contribution in [3.8, 4) is 11.5 Å². The lowest BCUT2D eigenvalue weighted by Gasteiger charge is -2.08. The molecule has 126 valence electrons. The Hall–Kier alpha value is -2.82. The van der Waals surface area contributed by atoms with Crippen molar-refractivity contribution in [2.75, 3.05) is 0 Å². The molecule has 1 amide bonds. The number of aromatic hydroxyl groups is 2. The molecule has 2 rings (SSSR count). The quantitative estimate of drug-likeness (QED) is 0.313. The van der Waals surface area contributed by atoms with Crippen LogP contribution in [0.25, 0.3) is 0 Å². The highest BCUT2D eigenvalue weighted by Crippen LogP contribution is 2.24. The van der Waals surface area contributed by atoms with E-state index in [2.05, 4.69) is 17.5 Å². The van der Waals surface area contributed by atoms with Crippen LogP contribution >= 0.6 is 0 Å². The van der Waals surface area contributed by atoms with Gasteiger partial charge in [0, 0.05) is 5.56 Å². The Morgan fingerprint density at radius 1 is 1.00 bits per heavy atom. The lowest BCUT2D eigenvalue weighted by molar-refractivity contribution is 0.0954. The van der Waals surface area contributed by atoms with Crippen LogP contribution in [-0.4, -0.2) is 21.8 Å². The molecule has 0 aliphatic heterocycles. The van der Waals surface area contributed by atoms with Gasteiger partial charge in [0.1, 0.15) is 0 Å². The summed E-state index contributed by atoms with van der Waals surface area (Å²) in [5, 5.41) is 23.1. The smallest absolute Gasteiger partial charge is 0.271 e. The molecule has 0 fully saturated rings. The molecule has 5 heteroatoms. The number of unbranched alkanes of at least 4 members (excludes halogenated alkanes) is 2. The molecule has 0 aromatic heterocycles. The minimum absolute atomic E-state index is 0.231. The van der Waals surface area contributed by atoms with Crippen LogP contribution < -0.4 is 5.43 Å². The van der Waals surface area contributed by atoms with Crippen molar-refractivity contribution in [3.05, 3.63) is 59.7 Å². The number of carbonyl (C=O) groups excluding carboxylic acids is 1. The molecule has 0 heterocycles. The average Bonchev–Trinajstić information content (AvgIpc) is 2.61. The third kappa shape index (κ3) is 4.84. The molecule has 2 aromatic carbocycles. The largest absolute Gasteiger partial charge is 0.504 e. The molecule has 3 N–H and O–H groups in total. The third-order valence-corrected chi connectivity index (χ3v) is 3.65. The van der Waals surface area contributed by atoms with Gasteiger partial charge in [0.2, 0.25) is 0 Å². The van der Waals surface area contributed by atoms with Gasteiger partial charge >= 0.3 is 0 Å². The van der Waals surface area contributed by atoms with Gasteiger partial charge in [0.15, 0.2) is 11.5 Å². The van der Waals surface area contributed by atoms with Crippen LogP contribution in [0.2, 0.25) is 0 Å². The van der Waals surface area contributed by atoms with Crippen LogP contribution in [0, 0.1) is 0 Å². The van der Waals surface area contributed by atoms with E-state index in [4.69, 9.17) is 0 Å². The van der Waals surface area contributed by atoms with E-state index in [0.717, 1.165) is 37.0 Å². The average molecular weight is 326 g/mol. The molecular weight excluding hydrogens is 304 g/mol. The minimum atomic E-state index is -0.436. The summed E-state index contributed by atoms with van der Waals surface area (Å²) in [6.45, 7) is 2.14. The van der Waals surface area contributed by atoms with Crippen LogP contribution in [0.15, 0.2) is 53.6 Å². The van der Waals surface area contributed by atoms with E-state index >= 15 is 0 Å². The zero-order valence-electron chi connectivity index (χ0n) is 13.7. The first-order valence-corrected chi connectivity index (χ1v) is 8.06. The van der Waals surface area contributed by atoms with Crippen molar-refractivity contribution in [2.24, 2.45) is 5.10 Å². The number of carbonyl (C=O) groups is 1. The first-order valence-electron chi connectivity index (χ1n) is 8.06. The van der Waals surface area contributed by atoms with Crippen LogP contribution in [0.4, 0.5) is 0 Å². The summed E-state index contributed by atoms with van der Waals surface area (Å²) in [6, 6.07) is 13.6. The second-order valence-corrected chi connectivity index (χ2v) is 5.53. The van der Waals surface area contributed by atoms with E-state index in [9.17, 15) is 15.0 Å². The zero-order valence-corrected chi connectivity index (χ0v) is 13.7. The Labute approximate surface area is 141 Å². The van der Waals surface area contributed by atoms with Crippen molar-refractivity contribution in [1.29, 1.82) is 0 Å². The van der Waals surface area contributed by atoms with Crippen LogP contribution in [-0.2, 0) is 0 Å². The second-order valence-electron chi connectivity index (χ2n) is 5.53. The number of benzene rings is 2. The topological polar surface area (TPSA) is 81.9 Å². The monoisotopic (exact) mass is 326 g/mol. The summed E-state index contributed by atoms with van der Waals surface area (Å²) in [5.41, 5.74) is 4.55. The van der Waals surface area contributed by atoms with Gasteiger partial charge in [-0.05, 0) is 36.6 Å². The van der Waals surface area contributed by atoms with Gasteiger partial charge in [0.05, 0.1) is 5.71 Å². The normalized spacial score (nSPS) is 11.3. The molecule has 24 heavy (non-hydrogen) atoms. The van der Waals surface area contributed by atoms with Gasteiger partial charge in [-0.1, -0.05) is 50.1 Å². The number of amides is 1. The molecule has 5 nitrogen and oxygen atoms in total.